The molecule has 1 aromatic heterocycles. The van der Waals surface area contributed by atoms with Gasteiger partial charge in [-0.15, -0.1) is 11.8 Å². The minimum Gasteiger partial charge on any atom is -0.338 e. The number of allylic oxidation sites excluding steroid dienone is 3. The van der Waals surface area contributed by atoms with Gasteiger partial charge in [-0.2, -0.15) is 4.99 Å². The van der Waals surface area contributed by atoms with Gasteiger partial charge in [-0.1, -0.05) is 18.2 Å². The number of likely N-dealkylation sites (tertiary alicyclic amines) is 1. The third-order valence-corrected chi connectivity index (χ3v) is 5.96. The van der Waals surface area contributed by atoms with Crippen LogP contribution in [0.1, 0.15) is 23.2 Å². The van der Waals surface area contributed by atoms with E-state index in [0.717, 1.165) is 0 Å². The molecule has 144 valence electrons. The number of nitrogens with zero attached hydrogens (tertiary/aromatic N) is 4. The van der Waals surface area contributed by atoms with Crippen molar-refractivity contribution in [2.24, 2.45) is 10.9 Å². The van der Waals surface area contributed by atoms with Crippen molar-refractivity contribution in [3.05, 3.63) is 48.2 Å². The quantitative estimate of drug-likeness (QED) is 0.734. The molecule has 0 N–H and O–H groups in total. The lowest BCUT2D eigenvalue weighted by Gasteiger charge is -2.39. The highest BCUT2D eigenvalue weighted by Crippen LogP contribution is 2.27. The molecule has 1 fully saturated rings. The van der Waals surface area contributed by atoms with E-state index in [0.29, 0.717) is 42.2 Å². The second-order valence-corrected chi connectivity index (χ2v) is 7.63. The first-order valence-corrected chi connectivity index (χ1v) is 10.4. The zero-order valence-corrected chi connectivity index (χ0v) is 16.3. The molecule has 1 aromatic rings. The van der Waals surface area contributed by atoms with Crippen LogP contribution >= 0.6 is 11.8 Å². The third-order valence-electron chi connectivity index (χ3n) is 5.25. The van der Waals surface area contributed by atoms with Crippen molar-refractivity contribution in [3.63, 3.8) is 0 Å². The van der Waals surface area contributed by atoms with Crippen molar-refractivity contribution in [2.45, 2.75) is 23.9 Å². The van der Waals surface area contributed by atoms with E-state index in [1.807, 2.05) is 6.26 Å². The van der Waals surface area contributed by atoms with Gasteiger partial charge in [0.15, 0.2) is 0 Å². The predicted molar refractivity (Wildman–Crippen MR) is 106 cm³/mol. The first-order valence-electron chi connectivity index (χ1n) is 9.19. The van der Waals surface area contributed by atoms with E-state index in [-0.39, 0.29) is 17.9 Å². The van der Waals surface area contributed by atoms with Gasteiger partial charge < -0.3 is 4.90 Å². The van der Waals surface area contributed by atoms with Crippen LogP contribution in [-0.4, -0.2) is 63.7 Å². The molecular formula is C20H20N4O3S. The number of hydrogen-bond acceptors (Lipinski definition) is 5. The van der Waals surface area contributed by atoms with Crippen LogP contribution in [0.25, 0.3) is 0 Å². The Bertz CT molecular complexity index is 916. The largest absolute Gasteiger partial charge is 0.350 e. The average molecular weight is 396 g/mol. The highest BCUT2D eigenvalue weighted by Gasteiger charge is 2.41. The molecule has 0 saturated carbocycles. The molecule has 0 radical (unpaired) electrons. The summed E-state index contributed by atoms with van der Waals surface area (Å²) in [6.07, 6.45) is 11.7. The summed E-state index contributed by atoms with van der Waals surface area (Å²) < 4.78 is 0. The van der Waals surface area contributed by atoms with E-state index in [1.165, 1.54) is 16.7 Å². The standard InChI is InChI=1S/C20H20N4O3S/c1-28-17-15(6-4-10-21-17)18(25)23-11-8-13(9-12-23)24-19(26)14-5-2-3-7-16(14)22-20(24)27/h2-7,10,13-14H,8-9,11-12H2,1H3. The van der Waals surface area contributed by atoms with Crippen LogP contribution in [0.4, 0.5) is 4.79 Å². The number of aliphatic imine (C=N–C) groups is 1. The molecule has 0 bridgehead atoms. The highest BCUT2D eigenvalue weighted by atomic mass is 32.2. The molecule has 1 unspecified atom stereocenters. The lowest BCUT2D eigenvalue weighted by Crippen LogP contribution is -2.54. The Morgan fingerprint density at radius 1 is 1.21 bits per heavy atom. The SMILES string of the molecule is CSc1ncccc1C(=O)N1CCC(N2C(=O)N=C3C=CC=CC3C2=O)CC1. The average Bonchev–Trinajstić information content (AvgIpc) is 2.73. The topological polar surface area (TPSA) is 82.9 Å². The van der Waals surface area contributed by atoms with Crippen LogP contribution in [0.3, 0.4) is 0 Å². The van der Waals surface area contributed by atoms with Crippen molar-refractivity contribution in [1.82, 2.24) is 14.8 Å². The Labute approximate surface area is 167 Å². The normalized spacial score (nSPS) is 22.3. The van der Waals surface area contributed by atoms with Gasteiger partial charge in [0.05, 0.1) is 17.2 Å². The Hall–Kier alpha value is -2.74. The molecule has 1 saturated heterocycles. The number of urea groups is 1. The number of carbonyl (C=O) groups is 3. The second kappa shape index (κ2) is 7.71. The van der Waals surface area contributed by atoms with E-state index in [4.69, 9.17) is 0 Å². The number of pyridine rings is 1. The van der Waals surface area contributed by atoms with Gasteiger partial charge in [0.25, 0.3) is 5.91 Å². The maximum absolute atomic E-state index is 12.9. The Balaban J connectivity index is 1.46. The van der Waals surface area contributed by atoms with Gasteiger partial charge in [-0.05, 0) is 37.3 Å². The minimum absolute atomic E-state index is 0.0622. The summed E-state index contributed by atoms with van der Waals surface area (Å²) >= 11 is 1.44. The summed E-state index contributed by atoms with van der Waals surface area (Å²) in [6, 6.07) is 2.80. The van der Waals surface area contributed by atoms with E-state index in [2.05, 4.69) is 9.98 Å². The molecule has 7 nitrogen and oxygen atoms in total. The summed E-state index contributed by atoms with van der Waals surface area (Å²) in [4.78, 5) is 49.5. The fourth-order valence-electron chi connectivity index (χ4n) is 3.81. The van der Waals surface area contributed by atoms with E-state index in [1.54, 1.807) is 47.5 Å². The zero-order valence-electron chi connectivity index (χ0n) is 15.4. The molecule has 4 rings (SSSR count). The van der Waals surface area contributed by atoms with E-state index < -0.39 is 11.9 Å². The Morgan fingerprint density at radius 2 is 2.00 bits per heavy atom. The smallest absolute Gasteiger partial charge is 0.338 e. The van der Waals surface area contributed by atoms with Crippen LogP contribution in [0.15, 0.2) is 52.7 Å². The summed E-state index contributed by atoms with van der Waals surface area (Å²) in [5, 5.41) is 0.704. The molecule has 2 aliphatic heterocycles. The minimum atomic E-state index is -0.502. The number of piperidine rings is 1. The van der Waals surface area contributed by atoms with E-state index >= 15 is 0 Å². The molecule has 0 spiro atoms. The van der Waals surface area contributed by atoms with Crippen LogP contribution in [0.5, 0.6) is 0 Å². The summed E-state index contributed by atoms with van der Waals surface area (Å²) in [5.41, 5.74) is 1.09. The van der Waals surface area contributed by atoms with Crippen molar-refractivity contribution in [1.29, 1.82) is 0 Å². The number of imide groups is 1. The van der Waals surface area contributed by atoms with Crippen molar-refractivity contribution < 1.29 is 14.4 Å². The van der Waals surface area contributed by atoms with Gasteiger partial charge in [-0.25, -0.2) is 9.78 Å². The van der Waals surface area contributed by atoms with Crippen LogP contribution < -0.4 is 0 Å². The number of amides is 4. The molecular weight excluding hydrogens is 376 g/mol. The molecule has 4 amide bonds. The first kappa shape index (κ1) is 18.6. The van der Waals surface area contributed by atoms with Crippen molar-refractivity contribution in [3.8, 4) is 0 Å². The van der Waals surface area contributed by atoms with Gasteiger partial charge in [0.2, 0.25) is 5.91 Å². The molecule has 28 heavy (non-hydrogen) atoms. The van der Waals surface area contributed by atoms with Gasteiger partial charge >= 0.3 is 6.03 Å². The second-order valence-electron chi connectivity index (χ2n) is 6.83. The maximum atomic E-state index is 12.9. The lowest BCUT2D eigenvalue weighted by molar-refractivity contribution is -0.131. The van der Waals surface area contributed by atoms with E-state index in [9.17, 15) is 14.4 Å². The lowest BCUT2D eigenvalue weighted by atomic mass is 9.93. The molecule has 3 aliphatic rings. The van der Waals surface area contributed by atoms with Crippen LogP contribution in [0, 0.1) is 5.92 Å². The number of rotatable bonds is 3. The number of fused-ring (bicyclic) bond motifs is 1. The molecule has 3 heterocycles. The van der Waals surface area contributed by atoms with Gasteiger partial charge in [0.1, 0.15) is 5.03 Å². The summed E-state index contributed by atoms with van der Waals surface area (Å²) in [7, 11) is 0. The molecule has 8 heteroatoms. The molecule has 0 aromatic carbocycles. The highest BCUT2D eigenvalue weighted by molar-refractivity contribution is 7.98. The molecule has 1 aliphatic carbocycles. The van der Waals surface area contributed by atoms with Crippen molar-refractivity contribution >= 4 is 35.3 Å². The number of carbonyl (C=O) groups excluding carboxylic acids is 3. The first-order chi connectivity index (χ1) is 13.6. The number of hydrogen-bond donors (Lipinski definition) is 0. The van der Waals surface area contributed by atoms with Crippen LogP contribution in [-0.2, 0) is 4.79 Å². The fourth-order valence-corrected chi connectivity index (χ4v) is 4.35. The van der Waals surface area contributed by atoms with Gasteiger partial charge in [0, 0.05) is 25.3 Å². The zero-order chi connectivity index (χ0) is 19.7. The van der Waals surface area contributed by atoms with Crippen LogP contribution in [0.2, 0.25) is 0 Å². The summed E-state index contributed by atoms with van der Waals surface area (Å²) in [5.74, 6) is -0.771. The van der Waals surface area contributed by atoms with Gasteiger partial charge in [-0.3, -0.25) is 14.5 Å². The monoisotopic (exact) mass is 396 g/mol. The molecule has 1 atom stereocenters. The Kier molecular flexibility index (Phi) is 5.13. The maximum Gasteiger partial charge on any atom is 0.350 e. The number of aromatic nitrogens is 1. The number of thioether (sulfide) groups is 1. The predicted octanol–water partition coefficient (Wildman–Crippen LogP) is 2.55. The summed E-state index contributed by atoms with van der Waals surface area (Å²) in [6.45, 7) is 0.973. The Morgan fingerprint density at radius 3 is 2.75 bits per heavy atom. The third kappa shape index (κ3) is 3.28. The fraction of sp³-hybridized carbons (Fsp3) is 0.350. The van der Waals surface area contributed by atoms with Crippen molar-refractivity contribution in [2.75, 3.05) is 19.3 Å².